The van der Waals surface area contributed by atoms with Crippen molar-refractivity contribution >= 4 is 11.8 Å². The summed E-state index contributed by atoms with van der Waals surface area (Å²) in [6, 6.07) is 8.71. The largest absolute Gasteiger partial charge is 0.444 e. The Balaban J connectivity index is 1.60. The van der Waals surface area contributed by atoms with E-state index in [2.05, 4.69) is 34.1 Å². The fraction of sp³-hybridized carbons (Fsp3) is 0.650. The number of nitrogens with zero attached hydrogens (tertiary/aromatic N) is 3. The zero-order valence-electron chi connectivity index (χ0n) is 15.8. The summed E-state index contributed by atoms with van der Waals surface area (Å²) in [5, 5.41) is 0. The topological polar surface area (TPSA) is 36.0 Å². The molecule has 0 saturated carbocycles. The van der Waals surface area contributed by atoms with Crippen molar-refractivity contribution in [3.8, 4) is 0 Å². The van der Waals surface area contributed by atoms with Crippen LogP contribution in [0.5, 0.6) is 0 Å². The molecule has 0 aromatic heterocycles. The molecule has 1 aromatic rings. The molecule has 5 nitrogen and oxygen atoms in total. The minimum absolute atomic E-state index is 0.197. The summed E-state index contributed by atoms with van der Waals surface area (Å²) < 4.78 is 5.49. The van der Waals surface area contributed by atoms with E-state index in [0.717, 1.165) is 19.6 Å². The van der Waals surface area contributed by atoms with Crippen LogP contribution in [-0.2, 0) is 11.3 Å². The minimum Gasteiger partial charge on any atom is -0.444 e. The van der Waals surface area contributed by atoms with E-state index in [1.54, 1.807) is 0 Å². The molecule has 0 N–H and O–H groups in total. The van der Waals surface area contributed by atoms with Crippen LogP contribution in [0.4, 0.5) is 10.5 Å². The number of rotatable bonds is 3. The Morgan fingerprint density at radius 3 is 2.28 bits per heavy atom. The van der Waals surface area contributed by atoms with E-state index in [0.29, 0.717) is 13.1 Å². The number of carbonyl (C=O) groups excluding carboxylic acids is 1. The van der Waals surface area contributed by atoms with Crippen molar-refractivity contribution in [2.45, 2.75) is 45.8 Å². The molecule has 2 aliphatic heterocycles. The molecule has 2 aliphatic rings. The quantitative estimate of drug-likeness (QED) is 0.842. The van der Waals surface area contributed by atoms with E-state index in [-0.39, 0.29) is 6.09 Å². The van der Waals surface area contributed by atoms with Gasteiger partial charge in [0.25, 0.3) is 0 Å². The van der Waals surface area contributed by atoms with E-state index < -0.39 is 5.60 Å². The molecule has 2 saturated heterocycles. The van der Waals surface area contributed by atoms with Gasteiger partial charge in [-0.15, -0.1) is 0 Å². The first-order valence-electron chi connectivity index (χ1n) is 9.45. The van der Waals surface area contributed by atoms with Crippen LogP contribution >= 0.6 is 0 Å². The summed E-state index contributed by atoms with van der Waals surface area (Å²) in [7, 11) is 0. The van der Waals surface area contributed by atoms with Gasteiger partial charge in [0.15, 0.2) is 0 Å². The second-order valence-corrected chi connectivity index (χ2v) is 8.07. The van der Waals surface area contributed by atoms with Crippen molar-refractivity contribution in [3.05, 3.63) is 29.8 Å². The van der Waals surface area contributed by atoms with Gasteiger partial charge in [0.05, 0.1) is 0 Å². The van der Waals surface area contributed by atoms with Crippen molar-refractivity contribution in [2.24, 2.45) is 0 Å². The molecule has 138 valence electrons. The molecule has 1 aromatic carbocycles. The van der Waals surface area contributed by atoms with Gasteiger partial charge in [0.1, 0.15) is 5.60 Å². The van der Waals surface area contributed by atoms with Crippen molar-refractivity contribution < 1.29 is 9.53 Å². The standard InChI is InChI=1S/C20H31N3O2/c1-20(2,3)25-19(24)23-14-12-22(13-15-23)18-9-5-4-8-17(18)16-21-10-6-7-11-21/h4-5,8-9H,6-7,10-16H2,1-3H3. The van der Waals surface area contributed by atoms with Gasteiger partial charge < -0.3 is 14.5 Å². The van der Waals surface area contributed by atoms with Crippen molar-refractivity contribution in [1.29, 1.82) is 0 Å². The van der Waals surface area contributed by atoms with Crippen molar-refractivity contribution in [2.75, 3.05) is 44.2 Å². The SMILES string of the molecule is CC(C)(C)OC(=O)N1CCN(c2ccccc2CN2CCCC2)CC1. The molecule has 5 heteroatoms. The van der Waals surface area contributed by atoms with E-state index >= 15 is 0 Å². The minimum atomic E-state index is -0.434. The summed E-state index contributed by atoms with van der Waals surface area (Å²) in [4.78, 5) is 19.0. The van der Waals surface area contributed by atoms with Crippen molar-refractivity contribution in [1.82, 2.24) is 9.80 Å². The van der Waals surface area contributed by atoms with Gasteiger partial charge in [-0.25, -0.2) is 4.79 Å². The second-order valence-electron chi connectivity index (χ2n) is 8.07. The lowest BCUT2D eigenvalue weighted by molar-refractivity contribution is 0.0240. The van der Waals surface area contributed by atoms with Crippen LogP contribution in [0, 0.1) is 0 Å². The summed E-state index contributed by atoms with van der Waals surface area (Å²) >= 11 is 0. The monoisotopic (exact) mass is 345 g/mol. The predicted molar refractivity (Wildman–Crippen MR) is 101 cm³/mol. The van der Waals surface area contributed by atoms with Gasteiger partial charge in [-0.05, 0) is 58.3 Å². The number of ether oxygens (including phenoxy) is 1. The zero-order chi connectivity index (χ0) is 17.9. The number of hydrogen-bond donors (Lipinski definition) is 0. The molecule has 0 atom stereocenters. The summed E-state index contributed by atoms with van der Waals surface area (Å²) in [6.45, 7) is 12.3. The third-order valence-electron chi connectivity index (χ3n) is 4.86. The van der Waals surface area contributed by atoms with Crippen LogP contribution in [0.1, 0.15) is 39.2 Å². The first kappa shape index (κ1) is 18.1. The Labute approximate surface area is 151 Å². The average Bonchev–Trinajstić information content (AvgIpc) is 3.07. The Hall–Kier alpha value is -1.75. The molecule has 25 heavy (non-hydrogen) atoms. The van der Waals surface area contributed by atoms with Gasteiger partial charge in [0, 0.05) is 38.4 Å². The van der Waals surface area contributed by atoms with E-state index in [4.69, 9.17) is 4.74 Å². The van der Waals surface area contributed by atoms with Gasteiger partial charge in [0.2, 0.25) is 0 Å². The lowest BCUT2D eigenvalue weighted by Gasteiger charge is -2.37. The molecule has 1 amide bonds. The molecule has 3 rings (SSSR count). The number of carbonyl (C=O) groups is 1. The maximum atomic E-state index is 12.2. The number of likely N-dealkylation sites (tertiary alicyclic amines) is 1. The molecule has 0 spiro atoms. The van der Waals surface area contributed by atoms with Crippen LogP contribution in [0.15, 0.2) is 24.3 Å². The first-order chi connectivity index (χ1) is 11.9. The summed E-state index contributed by atoms with van der Waals surface area (Å²) in [5.74, 6) is 0. The fourth-order valence-electron chi connectivity index (χ4n) is 3.59. The van der Waals surface area contributed by atoms with E-state index in [1.165, 1.54) is 37.2 Å². The molecule has 0 unspecified atom stereocenters. The molecule has 0 bridgehead atoms. The van der Waals surface area contributed by atoms with Gasteiger partial charge in [-0.2, -0.15) is 0 Å². The summed E-state index contributed by atoms with van der Waals surface area (Å²) in [6.07, 6.45) is 2.44. The number of benzene rings is 1. The first-order valence-corrected chi connectivity index (χ1v) is 9.45. The Bertz CT molecular complexity index is 583. The number of amides is 1. The lowest BCUT2D eigenvalue weighted by Crippen LogP contribution is -2.50. The highest BCUT2D eigenvalue weighted by Gasteiger charge is 2.26. The Morgan fingerprint density at radius 1 is 1.00 bits per heavy atom. The molecule has 2 heterocycles. The maximum absolute atomic E-state index is 12.2. The maximum Gasteiger partial charge on any atom is 0.410 e. The highest BCUT2D eigenvalue weighted by atomic mass is 16.6. The lowest BCUT2D eigenvalue weighted by atomic mass is 10.1. The van der Waals surface area contributed by atoms with Crippen molar-refractivity contribution in [3.63, 3.8) is 0 Å². The smallest absolute Gasteiger partial charge is 0.410 e. The summed E-state index contributed by atoms with van der Waals surface area (Å²) in [5.41, 5.74) is 2.28. The predicted octanol–water partition coefficient (Wildman–Crippen LogP) is 3.34. The number of para-hydroxylation sites is 1. The Kier molecular flexibility index (Phi) is 5.52. The van der Waals surface area contributed by atoms with E-state index in [1.807, 2.05) is 25.7 Å². The zero-order valence-corrected chi connectivity index (χ0v) is 15.8. The van der Waals surface area contributed by atoms with Crippen LogP contribution < -0.4 is 4.90 Å². The van der Waals surface area contributed by atoms with Crippen LogP contribution in [0.2, 0.25) is 0 Å². The van der Waals surface area contributed by atoms with Crippen LogP contribution in [-0.4, -0.2) is 60.8 Å². The highest BCUT2D eigenvalue weighted by Crippen LogP contribution is 2.25. The normalized spacial score (nSPS) is 19.3. The van der Waals surface area contributed by atoms with Gasteiger partial charge in [-0.3, -0.25) is 4.90 Å². The average molecular weight is 345 g/mol. The third-order valence-corrected chi connectivity index (χ3v) is 4.86. The second kappa shape index (κ2) is 7.65. The highest BCUT2D eigenvalue weighted by molar-refractivity contribution is 5.68. The third kappa shape index (κ3) is 4.88. The number of anilines is 1. The molecular formula is C20H31N3O2. The Morgan fingerprint density at radius 2 is 1.64 bits per heavy atom. The van der Waals surface area contributed by atoms with Crippen LogP contribution in [0.3, 0.4) is 0 Å². The number of hydrogen-bond acceptors (Lipinski definition) is 4. The van der Waals surface area contributed by atoms with Gasteiger partial charge in [-0.1, -0.05) is 18.2 Å². The molecule has 0 radical (unpaired) electrons. The van der Waals surface area contributed by atoms with Gasteiger partial charge >= 0.3 is 6.09 Å². The molecule has 0 aliphatic carbocycles. The van der Waals surface area contributed by atoms with Crippen LogP contribution in [0.25, 0.3) is 0 Å². The number of piperazine rings is 1. The molecule has 2 fully saturated rings. The molecular weight excluding hydrogens is 314 g/mol. The fourth-order valence-corrected chi connectivity index (χ4v) is 3.59. The van der Waals surface area contributed by atoms with E-state index in [9.17, 15) is 4.79 Å².